The predicted octanol–water partition coefficient (Wildman–Crippen LogP) is 5.48. The van der Waals surface area contributed by atoms with E-state index in [0.29, 0.717) is 5.39 Å². The number of benzene rings is 2. The fourth-order valence-corrected chi connectivity index (χ4v) is 6.15. The number of hydrogen-bond acceptors (Lipinski definition) is 5. The van der Waals surface area contributed by atoms with Crippen molar-refractivity contribution in [2.24, 2.45) is 5.92 Å². The van der Waals surface area contributed by atoms with E-state index in [1.165, 1.54) is 24.7 Å². The number of aromatic nitrogens is 3. The minimum atomic E-state index is -3.74. The van der Waals surface area contributed by atoms with Crippen LogP contribution in [0.15, 0.2) is 78.2 Å². The van der Waals surface area contributed by atoms with Gasteiger partial charge in [0.15, 0.2) is 5.78 Å². The first-order chi connectivity index (χ1) is 17.3. The summed E-state index contributed by atoms with van der Waals surface area (Å²) in [7, 11) is -3.74. The van der Waals surface area contributed by atoms with Crippen LogP contribution in [-0.2, 0) is 14.8 Å². The molecule has 0 saturated heterocycles. The third kappa shape index (κ3) is 4.75. The first kappa shape index (κ1) is 24.1. The van der Waals surface area contributed by atoms with Gasteiger partial charge in [-0.3, -0.25) is 9.52 Å². The summed E-state index contributed by atoms with van der Waals surface area (Å²) >= 11 is 0. The second-order valence-corrected chi connectivity index (χ2v) is 11.0. The lowest BCUT2D eigenvalue weighted by atomic mass is 9.76. The van der Waals surface area contributed by atoms with Gasteiger partial charge in [0.2, 0.25) is 0 Å². The summed E-state index contributed by atoms with van der Waals surface area (Å²) in [6, 6.07) is 14.7. The number of nitrogens with zero attached hydrogens (tertiary/aromatic N) is 3. The van der Waals surface area contributed by atoms with Crippen LogP contribution in [0.5, 0.6) is 0 Å². The zero-order valence-corrected chi connectivity index (χ0v) is 20.7. The van der Waals surface area contributed by atoms with Crippen molar-refractivity contribution in [3.63, 3.8) is 0 Å². The van der Waals surface area contributed by atoms with E-state index < -0.39 is 10.0 Å². The fourth-order valence-electron chi connectivity index (χ4n) is 5.14. The van der Waals surface area contributed by atoms with Gasteiger partial charge in [0.1, 0.15) is 18.0 Å². The van der Waals surface area contributed by atoms with Gasteiger partial charge in [0, 0.05) is 23.7 Å². The van der Waals surface area contributed by atoms with Crippen molar-refractivity contribution in [2.75, 3.05) is 4.72 Å². The highest BCUT2D eigenvalue weighted by Crippen LogP contribution is 2.38. The Morgan fingerprint density at radius 1 is 1.06 bits per heavy atom. The van der Waals surface area contributed by atoms with Crippen molar-refractivity contribution in [2.45, 2.75) is 49.5 Å². The number of anilines is 1. The first-order valence-corrected chi connectivity index (χ1v) is 13.5. The first-order valence-electron chi connectivity index (χ1n) is 12.0. The highest BCUT2D eigenvalue weighted by molar-refractivity contribution is 7.92. The summed E-state index contributed by atoms with van der Waals surface area (Å²) in [5, 5.41) is 0.526. The maximum absolute atomic E-state index is 14.1. The van der Waals surface area contributed by atoms with E-state index in [9.17, 15) is 17.6 Å². The Morgan fingerprint density at radius 2 is 1.81 bits per heavy atom. The minimum absolute atomic E-state index is 0.0426. The van der Waals surface area contributed by atoms with Crippen molar-refractivity contribution in [3.8, 4) is 0 Å². The van der Waals surface area contributed by atoms with Crippen LogP contribution in [0.3, 0.4) is 0 Å². The number of nitrogens with one attached hydrogen (secondary N) is 1. The largest absolute Gasteiger partial charge is 0.337 e. The maximum atomic E-state index is 14.1. The third-order valence-corrected chi connectivity index (χ3v) is 8.52. The lowest BCUT2D eigenvalue weighted by Gasteiger charge is -2.30. The van der Waals surface area contributed by atoms with E-state index in [1.807, 2.05) is 29.7 Å². The molecule has 1 atom stereocenters. The molecule has 2 aromatic carbocycles. The minimum Gasteiger partial charge on any atom is -0.337 e. The van der Waals surface area contributed by atoms with Crippen molar-refractivity contribution >= 4 is 32.5 Å². The summed E-state index contributed by atoms with van der Waals surface area (Å²) in [5.41, 5.74) is 1.80. The number of hydrogen-bond donors (Lipinski definition) is 1. The molecule has 0 bridgehead atoms. The molecule has 0 radical (unpaired) electrons. The number of fused-ring (bicyclic) bond motifs is 1. The summed E-state index contributed by atoms with van der Waals surface area (Å²) in [5.74, 6) is 0.336. The van der Waals surface area contributed by atoms with Crippen molar-refractivity contribution in [1.82, 2.24) is 14.5 Å². The molecule has 9 heteroatoms. The Balaban J connectivity index is 1.22. The Kier molecular flexibility index (Phi) is 6.57. The van der Waals surface area contributed by atoms with E-state index in [2.05, 4.69) is 14.7 Å². The van der Waals surface area contributed by atoms with E-state index in [-0.39, 0.29) is 40.2 Å². The molecule has 1 saturated carbocycles. The molecule has 0 spiro atoms. The van der Waals surface area contributed by atoms with Gasteiger partial charge >= 0.3 is 0 Å². The van der Waals surface area contributed by atoms with E-state index >= 15 is 0 Å². The Bertz CT molecular complexity index is 1480. The second-order valence-electron chi connectivity index (χ2n) is 9.29. The molecule has 4 aromatic rings. The van der Waals surface area contributed by atoms with Crippen LogP contribution < -0.4 is 4.72 Å². The molecule has 36 heavy (non-hydrogen) atoms. The van der Waals surface area contributed by atoms with E-state index in [4.69, 9.17) is 0 Å². The molecule has 186 valence electrons. The molecule has 1 aliphatic rings. The van der Waals surface area contributed by atoms with Gasteiger partial charge in [-0.2, -0.15) is 0 Å². The molecular weight excluding hydrogens is 479 g/mol. The average Bonchev–Trinajstić information content (AvgIpc) is 3.34. The van der Waals surface area contributed by atoms with Crippen LogP contribution in [-0.4, -0.2) is 28.7 Å². The van der Waals surface area contributed by atoms with Gasteiger partial charge in [0.25, 0.3) is 10.0 Å². The SMILES string of the molecule is C[C@H](C(=O)C1CCC(c2ccc(S(=O)(=O)Nc3ccncn3)cc2)CC1)n1ccc2c(F)cccc21. The van der Waals surface area contributed by atoms with Crippen molar-refractivity contribution in [3.05, 3.63) is 84.7 Å². The summed E-state index contributed by atoms with van der Waals surface area (Å²) in [6.07, 6.45) is 7.80. The van der Waals surface area contributed by atoms with Gasteiger partial charge in [-0.15, -0.1) is 0 Å². The number of halogens is 1. The molecule has 2 heterocycles. The molecule has 0 aliphatic heterocycles. The molecule has 5 rings (SSSR count). The van der Waals surface area contributed by atoms with Gasteiger partial charge in [-0.1, -0.05) is 18.2 Å². The number of carbonyl (C=O) groups excluding carboxylic acids is 1. The Hall–Kier alpha value is -3.59. The topological polar surface area (TPSA) is 93.9 Å². The van der Waals surface area contributed by atoms with Crippen LogP contribution in [0.25, 0.3) is 10.9 Å². The normalized spacial score (nSPS) is 19.2. The zero-order valence-electron chi connectivity index (χ0n) is 19.8. The van der Waals surface area contributed by atoms with Gasteiger partial charge in [-0.05, 0) is 80.5 Å². The molecule has 1 N–H and O–H groups in total. The average molecular weight is 507 g/mol. The second kappa shape index (κ2) is 9.81. The fraction of sp³-hybridized carbons (Fsp3) is 0.296. The molecule has 2 aromatic heterocycles. The van der Waals surface area contributed by atoms with Crippen LogP contribution >= 0.6 is 0 Å². The molecular formula is C27H27FN4O3S. The monoisotopic (exact) mass is 506 g/mol. The molecule has 7 nitrogen and oxygen atoms in total. The quantitative estimate of drug-likeness (QED) is 0.358. The number of ketones is 1. The van der Waals surface area contributed by atoms with Crippen LogP contribution in [0.2, 0.25) is 0 Å². The summed E-state index contributed by atoms with van der Waals surface area (Å²) in [6.45, 7) is 1.88. The number of sulfonamides is 1. The highest BCUT2D eigenvalue weighted by Gasteiger charge is 2.31. The van der Waals surface area contributed by atoms with Crippen LogP contribution in [0.4, 0.5) is 10.2 Å². The standard InChI is InChI=1S/C27H27FN4O3S/c1-18(32-16-14-23-24(28)3-2-4-25(23)32)27(33)21-7-5-19(6-8-21)20-9-11-22(12-10-20)36(34,35)31-26-13-15-29-17-30-26/h2-4,9-19,21H,5-8H2,1H3,(H,29,30,31)/t18-,19?,21?/m1/s1. The van der Waals surface area contributed by atoms with E-state index in [1.54, 1.807) is 30.5 Å². The van der Waals surface area contributed by atoms with Crippen molar-refractivity contribution < 1.29 is 17.6 Å². The molecule has 1 fully saturated rings. The molecule has 0 amide bonds. The zero-order chi connectivity index (χ0) is 25.3. The lowest BCUT2D eigenvalue weighted by Crippen LogP contribution is -2.27. The van der Waals surface area contributed by atoms with Crippen LogP contribution in [0, 0.1) is 11.7 Å². The Morgan fingerprint density at radius 3 is 2.50 bits per heavy atom. The molecule has 1 aliphatic carbocycles. The highest BCUT2D eigenvalue weighted by atomic mass is 32.2. The van der Waals surface area contributed by atoms with Gasteiger partial charge < -0.3 is 4.57 Å². The number of Topliss-reactive ketones (excluding diaryl/α,β-unsaturated/α-hetero) is 1. The number of carbonyl (C=O) groups is 1. The van der Waals surface area contributed by atoms with Gasteiger partial charge in [-0.25, -0.2) is 22.8 Å². The summed E-state index contributed by atoms with van der Waals surface area (Å²) < 4.78 is 43.7. The predicted molar refractivity (Wildman–Crippen MR) is 136 cm³/mol. The van der Waals surface area contributed by atoms with Crippen LogP contribution in [0.1, 0.15) is 50.1 Å². The molecule has 0 unspecified atom stereocenters. The van der Waals surface area contributed by atoms with Gasteiger partial charge in [0.05, 0.1) is 16.5 Å². The maximum Gasteiger partial charge on any atom is 0.263 e. The number of rotatable bonds is 7. The van der Waals surface area contributed by atoms with E-state index in [0.717, 1.165) is 36.8 Å². The summed E-state index contributed by atoms with van der Waals surface area (Å²) in [4.78, 5) is 21.1. The van der Waals surface area contributed by atoms with Crippen molar-refractivity contribution in [1.29, 1.82) is 0 Å². The third-order valence-electron chi connectivity index (χ3n) is 7.15. The lowest BCUT2D eigenvalue weighted by molar-refractivity contribution is -0.126. The smallest absolute Gasteiger partial charge is 0.263 e. The Labute approximate surface area is 209 Å².